The van der Waals surface area contributed by atoms with Gasteiger partial charge in [-0.1, -0.05) is 24.3 Å². The zero-order valence-corrected chi connectivity index (χ0v) is 17.7. The molecule has 30 heavy (non-hydrogen) atoms. The molecule has 0 atom stereocenters. The Morgan fingerprint density at radius 3 is 2.60 bits per heavy atom. The molecule has 0 aliphatic carbocycles. The first-order chi connectivity index (χ1) is 14.2. The van der Waals surface area contributed by atoms with Gasteiger partial charge in [0.2, 0.25) is 15.9 Å². The number of nitrogens with zero attached hydrogens (tertiary/aromatic N) is 2. The fraction of sp³-hybridized carbons (Fsp3) is 0.350. The number of nitro benzene ring substituents is 1. The highest BCUT2D eigenvalue weighted by atomic mass is 32.2. The molecule has 0 saturated carbocycles. The van der Waals surface area contributed by atoms with Gasteiger partial charge in [-0.25, -0.2) is 8.42 Å². The Morgan fingerprint density at radius 1 is 1.20 bits per heavy atom. The van der Waals surface area contributed by atoms with Crippen molar-refractivity contribution in [1.82, 2.24) is 5.32 Å². The number of para-hydroxylation sites is 1. The number of nitrogens with one attached hydrogen (secondary N) is 1. The number of amides is 1. The number of hydrogen-bond acceptors (Lipinski definition) is 6. The molecule has 1 amide bonds. The molecular weight excluding hydrogens is 410 g/mol. The summed E-state index contributed by atoms with van der Waals surface area (Å²) < 4.78 is 30.9. The molecule has 0 fully saturated rings. The molecule has 0 spiro atoms. The van der Waals surface area contributed by atoms with Crippen molar-refractivity contribution < 1.29 is 22.9 Å². The third kappa shape index (κ3) is 7.03. The molecule has 10 heteroatoms. The van der Waals surface area contributed by atoms with E-state index in [4.69, 9.17) is 4.74 Å². The highest BCUT2D eigenvalue weighted by Gasteiger charge is 2.19. The minimum atomic E-state index is -3.65. The second kappa shape index (κ2) is 10.6. The number of rotatable bonds is 11. The number of ether oxygens (including phenoxy) is 1. The first kappa shape index (κ1) is 23.1. The molecule has 0 radical (unpaired) electrons. The molecule has 2 aromatic rings. The van der Waals surface area contributed by atoms with Crippen LogP contribution < -0.4 is 14.4 Å². The van der Waals surface area contributed by atoms with Crippen molar-refractivity contribution in [1.29, 1.82) is 0 Å². The van der Waals surface area contributed by atoms with Gasteiger partial charge in [0, 0.05) is 25.1 Å². The molecule has 0 saturated heterocycles. The van der Waals surface area contributed by atoms with Crippen LogP contribution in [-0.2, 0) is 14.8 Å². The first-order valence-electron chi connectivity index (χ1n) is 9.36. The summed E-state index contributed by atoms with van der Waals surface area (Å²) in [7, 11) is -3.65. The number of benzene rings is 2. The Balaban J connectivity index is 1.82. The second-order valence-corrected chi connectivity index (χ2v) is 8.59. The third-order valence-corrected chi connectivity index (χ3v) is 5.46. The van der Waals surface area contributed by atoms with Crippen LogP contribution in [0.4, 0.5) is 11.4 Å². The van der Waals surface area contributed by atoms with Crippen LogP contribution in [0.15, 0.2) is 48.5 Å². The van der Waals surface area contributed by atoms with Crippen LogP contribution in [0.1, 0.15) is 18.4 Å². The van der Waals surface area contributed by atoms with Gasteiger partial charge >= 0.3 is 0 Å². The summed E-state index contributed by atoms with van der Waals surface area (Å²) in [5.41, 5.74) is 0.997. The van der Waals surface area contributed by atoms with E-state index in [1.54, 1.807) is 0 Å². The quantitative estimate of drug-likeness (QED) is 0.329. The Bertz CT molecular complexity index is 994. The molecule has 0 aliphatic rings. The lowest BCUT2D eigenvalue weighted by molar-refractivity contribution is -0.384. The number of aryl methyl sites for hydroxylation is 1. The van der Waals surface area contributed by atoms with Crippen molar-refractivity contribution in [2.24, 2.45) is 0 Å². The van der Waals surface area contributed by atoms with Crippen molar-refractivity contribution in [3.63, 3.8) is 0 Å². The van der Waals surface area contributed by atoms with Crippen molar-refractivity contribution in [2.45, 2.75) is 19.8 Å². The van der Waals surface area contributed by atoms with Crippen LogP contribution in [0.5, 0.6) is 5.75 Å². The summed E-state index contributed by atoms with van der Waals surface area (Å²) >= 11 is 0. The van der Waals surface area contributed by atoms with Gasteiger partial charge in [0.15, 0.2) is 0 Å². The Morgan fingerprint density at radius 2 is 1.93 bits per heavy atom. The summed E-state index contributed by atoms with van der Waals surface area (Å²) in [5, 5.41) is 13.7. The number of nitro groups is 1. The molecule has 0 unspecified atom stereocenters. The van der Waals surface area contributed by atoms with Crippen LogP contribution in [0, 0.1) is 17.0 Å². The van der Waals surface area contributed by atoms with Crippen molar-refractivity contribution in [3.05, 3.63) is 64.2 Å². The summed E-state index contributed by atoms with van der Waals surface area (Å²) in [6, 6.07) is 13.0. The number of carbonyl (C=O) groups excluding carboxylic acids is 1. The van der Waals surface area contributed by atoms with Gasteiger partial charge in [0.05, 0.1) is 23.4 Å². The van der Waals surface area contributed by atoms with E-state index in [0.29, 0.717) is 13.2 Å². The molecule has 1 N–H and O–H groups in total. The Kier molecular flexibility index (Phi) is 8.16. The van der Waals surface area contributed by atoms with E-state index in [9.17, 15) is 23.3 Å². The first-order valence-corrected chi connectivity index (χ1v) is 11.2. The minimum Gasteiger partial charge on any atom is -0.491 e. The van der Waals surface area contributed by atoms with E-state index in [2.05, 4.69) is 5.32 Å². The predicted octanol–water partition coefficient (Wildman–Crippen LogP) is 2.64. The molecule has 2 rings (SSSR count). The molecule has 162 valence electrons. The maximum Gasteiger partial charge on any atom is 0.271 e. The van der Waals surface area contributed by atoms with Gasteiger partial charge in [-0.2, -0.15) is 0 Å². The Hall–Kier alpha value is -3.14. The fourth-order valence-electron chi connectivity index (χ4n) is 2.79. The van der Waals surface area contributed by atoms with Crippen LogP contribution >= 0.6 is 0 Å². The van der Waals surface area contributed by atoms with E-state index >= 15 is 0 Å². The zero-order chi connectivity index (χ0) is 22.1. The lowest BCUT2D eigenvalue weighted by atomic mass is 10.2. The van der Waals surface area contributed by atoms with Crippen molar-refractivity contribution in [2.75, 3.05) is 30.3 Å². The summed E-state index contributed by atoms with van der Waals surface area (Å²) in [4.78, 5) is 22.4. The normalized spacial score (nSPS) is 11.0. The monoisotopic (exact) mass is 435 g/mol. The molecule has 0 aliphatic heterocycles. The number of hydrogen-bond donors (Lipinski definition) is 1. The number of anilines is 1. The van der Waals surface area contributed by atoms with Gasteiger partial charge in [-0.3, -0.25) is 19.2 Å². The van der Waals surface area contributed by atoms with E-state index in [1.807, 2.05) is 31.2 Å². The number of sulfonamides is 1. The van der Waals surface area contributed by atoms with Gasteiger partial charge in [-0.05, 0) is 31.0 Å². The lowest BCUT2D eigenvalue weighted by Gasteiger charge is -2.22. The summed E-state index contributed by atoms with van der Waals surface area (Å²) in [6.45, 7) is 2.61. The van der Waals surface area contributed by atoms with Crippen molar-refractivity contribution >= 4 is 27.3 Å². The van der Waals surface area contributed by atoms with Gasteiger partial charge < -0.3 is 10.1 Å². The average molecular weight is 436 g/mol. The SMILES string of the molecule is Cc1ccccc1OCCNC(=O)CCCN(c1cccc([N+](=O)[O-])c1)S(C)(=O)=O. The van der Waals surface area contributed by atoms with Crippen LogP contribution in [0.25, 0.3) is 0 Å². The fourth-order valence-corrected chi connectivity index (χ4v) is 3.75. The van der Waals surface area contributed by atoms with E-state index in [-0.39, 0.29) is 36.7 Å². The maximum atomic E-state index is 12.1. The second-order valence-electron chi connectivity index (χ2n) is 6.68. The van der Waals surface area contributed by atoms with E-state index in [0.717, 1.165) is 21.9 Å². The topological polar surface area (TPSA) is 119 Å². The highest BCUT2D eigenvalue weighted by molar-refractivity contribution is 7.92. The van der Waals surface area contributed by atoms with Gasteiger partial charge in [0.1, 0.15) is 12.4 Å². The van der Waals surface area contributed by atoms with Crippen LogP contribution in [-0.4, -0.2) is 45.2 Å². The minimum absolute atomic E-state index is 0.0349. The van der Waals surface area contributed by atoms with E-state index < -0.39 is 14.9 Å². The summed E-state index contributed by atoms with van der Waals surface area (Å²) in [5.74, 6) is 0.531. The molecule has 2 aromatic carbocycles. The molecule has 0 aromatic heterocycles. The lowest BCUT2D eigenvalue weighted by Crippen LogP contribution is -2.33. The largest absolute Gasteiger partial charge is 0.491 e. The van der Waals surface area contributed by atoms with Gasteiger partial charge in [-0.15, -0.1) is 0 Å². The maximum absolute atomic E-state index is 12.1. The predicted molar refractivity (Wildman–Crippen MR) is 114 cm³/mol. The van der Waals surface area contributed by atoms with Crippen LogP contribution in [0.3, 0.4) is 0 Å². The summed E-state index contributed by atoms with van der Waals surface area (Å²) in [6.07, 6.45) is 1.40. The third-order valence-electron chi connectivity index (χ3n) is 4.27. The molecular formula is C20H25N3O6S. The molecule has 0 heterocycles. The van der Waals surface area contributed by atoms with E-state index in [1.165, 1.54) is 24.3 Å². The van der Waals surface area contributed by atoms with Gasteiger partial charge in [0.25, 0.3) is 5.69 Å². The van der Waals surface area contributed by atoms with Crippen molar-refractivity contribution in [3.8, 4) is 5.75 Å². The molecule has 9 nitrogen and oxygen atoms in total. The zero-order valence-electron chi connectivity index (χ0n) is 16.9. The van der Waals surface area contributed by atoms with Crippen LogP contribution in [0.2, 0.25) is 0 Å². The number of non-ortho nitro benzene ring substituents is 1. The Labute approximate surface area is 175 Å². The molecule has 0 bridgehead atoms. The average Bonchev–Trinajstić information content (AvgIpc) is 2.69. The number of carbonyl (C=O) groups is 1. The highest BCUT2D eigenvalue weighted by Crippen LogP contribution is 2.23. The smallest absolute Gasteiger partial charge is 0.271 e. The standard InChI is InChI=1S/C20H25N3O6S/c1-16-7-3-4-10-19(16)29-14-12-21-20(24)11-6-13-22(30(2,27)28)17-8-5-9-18(15-17)23(25)26/h3-5,7-10,15H,6,11-14H2,1-2H3,(H,21,24).